The lowest BCUT2D eigenvalue weighted by Crippen LogP contribution is -2.13. The van der Waals surface area contributed by atoms with Gasteiger partial charge in [0.2, 0.25) is 0 Å². The van der Waals surface area contributed by atoms with Gasteiger partial charge in [-0.3, -0.25) is 0 Å². The van der Waals surface area contributed by atoms with Crippen LogP contribution in [0, 0.1) is 6.92 Å². The first-order valence-corrected chi connectivity index (χ1v) is 6.74. The summed E-state index contributed by atoms with van der Waals surface area (Å²) in [5.74, 6) is 1.07. The monoisotopic (exact) mass is 248 g/mol. The highest BCUT2D eigenvalue weighted by Gasteiger charge is 2.25. The number of fused-ring (bicyclic) bond motifs is 1. The van der Waals surface area contributed by atoms with Crippen LogP contribution >= 0.6 is 11.6 Å². The van der Waals surface area contributed by atoms with Crippen molar-refractivity contribution < 1.29 is 4.74 Å². The Kier molecular flexibility index (Phi) is 2.87. The third-order valence-electron chi connectivity index (χ3n) is 3.60. The van der Waals surface area contributed by atoms with E-state index in [1.807, 2.05) is 0 Å². The molecule has 1 aliphatic heterocycles. The molecule has 0 saturated carbocycles. The Labute approximate surface area is 107 Å². The van der Waals surface area contributed by atoms with Gasteiger partial charge in [0.15, 0.2) is 0 Å². The van der Waals surface area contributed by atoms with E-state index in [1.54, 1.807) is 0 Å². The molecule has 0 N–H and O–H groups in total. The molecule has 3 rings (SSSR count). The third kappa shape index (κ3) is 2.35. The van der Waals surface area contributed by atoms with Crippen molar-refractivity contribution in [2.75, 3.05) is 0 Å². The van der Waals surface area contributed by atoms with Crippen molar-refractivity contribution in [2.45, 2.75) is 44.1 Å². The van der Waals surface area contributed by atoms with E-state index in [9.17, 15) is 0 Å². The molecule has 1 aliphatic carbocycles. The van der Waals surface area contributed by atoms with Gasteiger partial charge in [-0.25, -0.2) is 0 Å². The minimum Gasteiger partial charge on any atom is -0.489 e. The van der Waals surface area contributed by atoms with Gasteiger partial charge in [0.1, 0.15) is 11.9 Å². The van der Waals surface area contributed by atoms with Gasteiger partial charge in [-0.15, -0.1) is 11.6 Å². The first kappa shape index (κ1) is 11.2. The smallest absolute Gasteiger partial charge is 0.123 e. The largest absolute Gasteiger partial charge is 0.489 e. The molecule has 2 atom stereocenters. The van der Waals surface area contributed by atoms with E-state index >= 15 is 0 Å². The van der Waals surface area contributed by atoms with E-state index in [0.29, 0.717) is 6.10 Å². The molecule has 0 aromatic heterocycles. The highest BCUT2D eigenvalue weighted by Crippen LogP contribution is 2.34. The quantitative estimate of drug-likeness (QED) is 0.568. The summed E-state index contributed by atoms with van der Waals surface area (Å²) in [6.07, 6.45) is 6.84. The molecule has 2 heteroatoms. The highest BCUT2D eigenvalue weighted by atomic mass is 35.5. The number of ether oxygens (including phenoxy) is 1. The summed E-state index contributed by atoms with van der Waals surface area (Å²) in [5.41, 5.74) is 4.14. The molecule has 0 saturated heterocycles. The maximum atomic E-state index is 6.09. The lowest BCUT2D eigenvalue weighted by atomic mass is 10.0. The van der Waals surface area contributed by atoms with Gasteiger partial charge in [0.05, 0.1) is 5.38 Å². The van der Waals surface area contributed by atoms with Gasteiger partial charge in [0, 0.05) is 12.8 Å². The van der Waals surface area contributed by atoms with E-state index in [2.05, 4.69) is 31.2 Å². The standard InChI is InChI=1S/C15H17ClO/c1-10-2-5-15-12(6-10)9-14(17-15)8-11-3-4-13(16)7-11/h2,5-7,13-14H,3-4,8-9H2,1H3. The molecule has 17 heavy (non-hydrogen) atoms. The second-order valence-corrected chi connectivity index (χ2v) is 5.70. The minimum atomic E-state index is 0.246. The van der Waals surface area contributed by atoms with E-state index < -0.39 is 0 Å². The van der Waals surface area contributed by atoms with Crippen molar-refractivity contribution in [1.82, 2.24) is 0 Å². The number of hydrogen-bond donors (Lipinski definition) is 0. The predicted molar refractivity (Wildman–Crippen MR) is 70.9 cm³/mol. The highest BCUT2D eigenvalue weighted by molar-refractivity contribution is 6.22. The average Bonchev–Trinajstić information content (AvgIpc) is 2.84. The fourth-order valence-corrected chi connectivity index (χ4v) is 3.06. The molecule has 0 bridgehead atoms. The topological polar surface area (TPSA) is 9.23 Å². The number of halogens is 1. The Morgan fingerprint density at radius 1 is 1.41 bits per heavy atom. The molecule has 0 spiro atoms. The molecule has 0 fully saturated rings. The summed E-state index contributed by atoms with van der Waals surface area (Å²) >= 11 is 6.09. The first-order chi connectivity index (χ1) is 8.20. The number of benzene rings is 1. The Balaban J connectivity index is 1.68. The Hall–Kier alpha value is -0.950. The molecule has 0 radical (unpaired) electrons. The van der Waals surface area contributed by atoms with Crippen molar-refractivity contribution >= 4 is 11.6 Å². The maximum absolute atomic E-state index is 6.09. The third-order valence-corrected chi connectivity index (χ3v) is 3.95. The van der Waals surface area contributed by atoms with Crippen molar-refractivity contribution in [3.63, 3.8) is 0 Å². The zero-order valence-corrected chi connectivity index (χ0v) is 10.8. The second kappa shape index (κ2) is 4.38. The lowest BCUT2D eigenvalue weighted by molar-refractivity contribution is 0.232. The van der Waals surface area contributed by atoms with E-state index in [0.717, 1.165) is 31.4 Å². The fourth-order valence-electron chi connectivity index (χ4n) is 2.77. The van der Waals surface area contributed by atoms with Crippen LogP contribution in [-0.4, -0.2) is 11.5 Å². The van der Waals surface area contributed by atoms with Crippen LogP contribution in [-0.2, 0) is 6.42 Å². The number of rotatable bonds is 2. The molecule has 2 aliphatic rings. The van der Waals surface area contributed by atoms with Crippen LogP contribution < -0.4 is 4.74 Å². The van der Waals surface area contributed by atoms with Crippen molar-refractivity contribution in [3.05, 3.63) is 41.0 Å². The van der Waals surface area contributed by atoms with Crippen LogP contribution in [0.5, 0.6) is 5.75 Å². The molecular formula is C15H17ClO. The van der Waals surface area contributed by atoms with Gasteiger partial charge < -0.3 is 4.74 Å². The lowest BCUT2D eigenvalue weighted by Gasteiger charge is -2.10. The number of aryl methyl sites for hydroxylation is 1. The van der Waals surface area contributed by atoms with E-state index in [-0.39, 0.29) is 5.38 Å². The average molecular weight is 249 g/mol. The number of hydrogen-bond acceptors (Lipinski definition) is 1. The van der Waals surface area contributed by atoms with Crippen LogP contribution in [0.15, 0.2) is 29.8 Å². The van der Waals surface area contributed by atoms with Crippen molar-refractivity contribution in [1.29, 1.82) is 0 Å². The second-order valence-electron chi connectivity index (χ2n) is 5.14. The summed E-state index contributed by atoms with van der Waals surface area (Å²) in [7, 11) is 0. The van der Waals surface area contributed by atoms with Gasteiger partial charge >= 0.3 is 0 Å². The Bertz CT molecular complexity index is 464. The zero-order valence-electron chi connectivity index (χ0n) is 10.1. The predicted octanol–water partition coefficient (Wildman–Crippen LogP) is 4.02. The van der Waals surface area contributed by atoms with Gasteiger partial charge in [-0.2, -0.15) is 0 Å². The normalized spacial score (nSPS) is 26.6. The van der Waals surface area contributed by atoms with Gasteiger partial charge in [0.25, 0.3) is 0 Å². The summed E-state index contributed by atoms with van der Waals surface area (Å²) < 4.78 is 5.98. The van der Waals surface area contributed by atoms with Gasteiger partial charge in [-0.05, 0) is 31.4 Å². The summed E-state index contributed by atoms with van der Waals surface area (Å²) in [6, 6.07) is 6.45. The summed E-state index contributed by atoms with van der Waals surface area (Å²) in [4.78, 5) is 0. The van der Waals surface area contributed by atoms with Crippen LogP contribution in [0.2, 0.25) is 0 Å². The molecule has 1 aromatic rings. The number of alkyl halides is 1. The SMILES string of the molecule is Cc1ccc2c(c1)CC(CC1=CC(Cl)CC1)O2. The molecular weight excluding hydrogens is 232 g/mol. The summed E-state index contributed by atoms with van der Waals surface area (Å²) in [6.45, 7) is 2.13. The van der Waals surface area contributed by atoms with Crippen LogP contribution in [0.3, 0.4) is 0 Å². The van der Waals surface area contributed by atoms with Crippen molar-refractivity contribution in [2.24, 2.45) is 0 Å². The van der Waals surface area contributed by atoms with Crippen LogP contribution in [0.1, 0.15) is 30.4 Å². The maximum Gasteiger partial charge on any atom is 0.123 e. The summed E-state index contributed by atoms with van der Waals surface area (Å²) in [5, 5.41) is 0.246. The zero-order chi connectivity index (χ0) is 11.8. The Morgan fingerprint density at radius 3 is 3.06 bits per heavy atom. The van der Waals surface area contributed by atoms with Crippen LogP contribution in [0.4, 0.5) is 0 Å². The molecule has 1 aromatic carbocycles. The molecule has 90 valence electrons. The molecule has 1 nitrogen and oxygen atoms in total. The van der Waals surface area contributed by atoms with E-state index in [1.165, 1.54) is 16.7 Å². The molecule has 1 heterocycles. The molecule has 2 unspecified atom stereocenters. The first-order valence-electron chi connectivity index (χ1n) is 6.30. The van der Waals surface area contributed by atoms with Gasteiger partial charge in [-0.1, -0.05) is 29.3 Å². The van der Waals surface area contributed by atoms with Crippen molar-refractivity contribution in [3.8, 4) is 5.75 Å². The Morgan fingerprint density at radius 2 is 2.29 bits per heavy atom. The van der Waals surface area contributed by atoms with E-state index in [4.69, 9.17) is 16.3 Å². The number of allylic oxidation sites excluding steroid dienone is 1. The fraction of sp³-hybridized carbons (Fsp3) is 0.467. The molecule has 0 amide bonds. The minimum absolute atomic E-state index is 0.246. The van der Waals surface area contributed by atoms with Crippen LogP contribution in [0.25, 0.3) is 0 Å².